The first-order valence-electron chi connectivity index (χ1n) is 7.10. The Hall–Kier alpha value is -0.580. The van der Waals surface area contributed by atoms with Crippen molar-refractivity contribution >= 4 is 21.6 Å². The number of nitrogens with zero attached hydrogens (tertiary/aromatic N) is 1. The Labute approximate surface area is 123 Å². The summed E-state index contributed by atoms with van der Waals surface area (Å²) in [6.07, 6.45) is 3.89. The summed E-state index contributed by atoms with van der Waals surface area (Å²) in [5.41, 5.74) is 8.57. The minimum Gasteiger partial charge on any atom is -0.377 e. The molecule has 1 aliphatic heterocycles. The number of nitrogens with two attached hydrogens (primary N) is 1. The molecule has 0 spiro atoms. The molecule has 1 aromatic carbocycles. The van der Waals surface area contributed by atoms with Crippen molar-refractivity contribution in [1.29, 1.82) is 0 Å². The van der Waals surface area contributed by atoms with E-state index < -0.39 is 0 Å². The maximum atomic E-state index is 6.07. The van der Waals surface area contributed by atoms with Crippen molar-refractivity contribution in [3.63, 3.8) is 0 Å². The normalized spacial score (nSPS) is 27.7. The summed E-state index contributed by atoms with van der Waals surface area (Å²) in [6.45, 7) is 5.08. The quantitative estimate of drug-likeness (QED) is 0.895. The number of aryl methyl sites for hydroxylation is 1. The van der Waals surface area contributed by atoms with Crippen LogP contribution in [-0.2, 0) is 0 Å². The van der Waals surface area contributed by atoms with Gasteiger partial charge in [0, 0.05) is 35.8 Å². The lowest BCUT2D eigenvalue weighted by molar-refractivity contribution is 0.309. The molecule has 0 aromatic heterocycles. The van der Waals surface area contributed by atoms with Crippen molar-refractivity contribution < 1.29 is 0 Å². The van der Waals surface area contributed by atoms with Crippen LogP contribution in [0.1, 0.15) is 24.8 Å². The number of hydrogen-bond acceptors (Lipinski definition) is 3. The highest BCUT2D eigenvalue weighted by atomic mass is 79.9. The highest BCUT2D eigenvalue weighted by molar-refractivity contribution is 9.10. The van der Waals surface area contributed by atoms with E-state index in [9.17, 15) is 0 Å². The summed E-state index contributed by atoms with van der Waals surface area (Å²) in [4.78, 5) is 2.60. The van der Waals surface area contributed by atoms with Crippen molar-refractivity contribution in [2.24, 2.45) is 5.73 Å². The Kier molecular flexibility index (Phi) is 3.58. The molecule has 1 heterocycles. The van der Waals surface area contributed by atoms with Crippen LogP contribution in [0.15, 0.2) is 22.7 Å². The van der Waals surface area contributed by atoms with E-state index in [1.54, 1.807) is 0 Å². The lowest BCUT2D eigenvalue weighted by atomic mass is 9.98. The SMILES string of the molecule is Cc1cc(Br)cc(NC2(CN)CCN(C3CC3)C2)c1. The fourth-order valence-corrected chi connectivity index (χ4v) is 3.70. The molecule has 4 heteroatoms. The van der Waals surface area contributed by atoms with Crippen LogP contribution in [0.5, 0.6) is 0 Å². The molecule has 1 aliphatic carbocycles. The smallest absolute Gasteiger partial charge is 0.0634 e. The first-order chi connectivity index (χ1) is 9.10. The van der Waals surface area contributed by atoms with Crippen LogP contribution in [0.2, 0.25) is 0 Å². The summed E-state index contributed by atoms with van der Waals surface area (Å²) >= 11 is 3.57. The van der Waals surface area contributed by atoms with E-state index in [1.165, 1.54) is 30.6 Å². The van der Waals surface area contributed by atoms with Crippen LogP contribution in [0, 0.1) is 6.92 Å². The minimum absolute atomic E-state index is 0.0514. The van der Waals surface area contributed by atoms with Gasteiger partial charge in [-0.1, -0.05) is 15.9 Å². The van der Waals surface area contributed by atoms with Crippen molar-refractivity contribution in [3.05, 3.63) is 28.2 Å². The third-order valence-electron chi connectivity index (χ3n) is 4.29. The van der Waals surface area contributed by atoms with E-state index >= 15 is 0 Å². The lowest BCUT2D eigenvalue weighted by Gasteiger charge is -2.31. The van der Waals surface area contributed by atoms with E-state index in [-0.39, 0.29) is 5.54 Å². The second-order valence-electron chi connectivity index (χ2n) is 6.08. The van der Waals surface area contributed by atoms with Gasteiger partial charge in [0.05, 0.1) is 5.54 Å². The summed E-state index contributed by atoms with van der Waals surface area (Å²) in [6, 6.07) is 7.30. The molecule has 104 valence electrons. The summed E-state index contributed by atoms with van der Waals surface area (Å²) in [5, 5.41) is 3.70. The second-order valence-corrected chi connectivity index (χ2v) is 6.99. The molecule has 3 rings (SSSR count). The number of benzene rings is 1. The van der Waals surface area contributed by atoms with Gasteiger partial charge >= 0.3 is 0 Å². The predicted molar refractivity (Wildman–Crippen MR) is 83.5 cm³/mol. The largest absolute Gasteiger partial charge is 0.377 e. The Balaban J connectivity index is 1.75. The zero-order chi connectivity index (χ0) is 13.5. The first-order valence-corrected chi connectivity index (χ1v) is 7.89. The molecule has 0 radical (unpaired) electrons. The van der Waals surface area contributed by atoms with E-state index in [0.717, 1.165) is 23.5 Å². The van der Waals surface area contributed by atoms with Gasteiger partial charge in [-0.05, 0) is 49.9 Å². The van der Waals surface area contributed by atoms with Gasteiger partial charge in [0.25, 0.3) is 0 Å². The Bertz CT molecular complexity index is 452. The van der Waals surface area contributed by atoms with Crippen LogP contribution in [-0.4, -0.2) is 36.1 Å². The second kappa shape index (κ2) is 5.08. The third-order valence-corrected chi connectivity index (χ3v) is 4.75. The number of rotatable bonds is 4. The molecule has 2 fully saturated rings. The molecule has 19 heavy (non-hydrogen) atoms. The Morgan fingerprint density at radius 2 is 2.21 bits per heavy atom. The molecule has 1 unspecified atom stereocenters. The fraction of sp³-hybridized carbons (Fsp3) is 0.600. The first kappa shape index (κ1) is 13.4. The van der Waals surface area contributed by atoms with Crippen molar-refractivity contribution in [3.8, 4) is 0 Å². The average Bonchev–Trinajstić information content (AvgIpc) is 3.11. The third kappa shape index (κ3) is 2.96. The van der Waals surface area contributed by atoms with Gasteiger partial charge in [0.1, 0.15) is 0 Å². The molecule has 0 amide bonds. The molecular formula is C15H22BrN3. The van der Waals surface area contributed by atoms with Crippen molar-refractivity contribution in [1.82, 2.24) is 4.90 Å². The van der Waals surface area contributed by atoms with Crippen molar-refractivity contribution in [2.45, 2.75) is 37.8 Å². The highest BCUT2D eigenvalue weighted by Gasteiger charge is 2.42. The van der Waals surface area contributed by atoms with Crippen LogP contribution in [0.3, 0.4) is 0 Å². The summed E-state index contributed by atoms with van der Waals surface area (Å²) in [7, 11) is 0. The van der Waals surface area contributed by atoms with Crippen LogP contribution in [0.25, 0.3) is 0 Å². The lowest BCUT2D eigenvalue weighted by Crippen LogP contribution is -2.48. The van der Waals surface area contributed by atoms with Crippen molar-refractivity contribution in [2.75, 3.05) is 25.0 Å². The zero-order valence-electron chi connectivity index (χ0n) is 11.5. The van der Waals surface area contributed by atoms with E-state index in [4.69, 9.17) is 5.73 Å². The molecule has 1 aromatic rings. The fourth-order valence-electron chi connectivity index (χ4n) is 3.09. The Morgan fingerprint density at radius 3 is 2.84 bits per heavy atom. The van der Waals surface area contributed by atoms with Gasteiger partial charge in [0.2, 0.25) is 0 Å². The molecule has 3 nitrogen and oxygen atoms in total. The summed E-state index contributed by atoms with van der Waals surface area (Å²) in [5.74, 6) is 0. The van der Waals surface area contributed by atoms with Gasteiger partial charge in [-0.3, -0.25) is 4.90 Å². The molecule has 2 aliphatic rings. The van der Waals surface area contributed by atoms with Gasteiger partial charge in [-0.25, -0.2) is 0 Å². The summed E-state index contributed by atoms with van der Waals surface area (Å²) < 4.78 is 1.12. The zero-order valence-corrected chi connectivity index (χ0v) is 13.0. The van der Waals surface area contributed by atoms with E-state index in [1.807, 2.05) is 0 Å². The van der Waals surface area contributed by atoms with Gasteiger partial charge in [-0.15, -0.1) is 0 Å². The molecule has 1 atom stereocenters. The maximum absolute atomic E-state index is 6.07. The number of halogens is 1. The number of hydrogen-bond donors (Lipinski definition) is 2. The monoisotopic (exact) mass is 323 g/mol. The molecular weight excluding hydrogens is 302 g/mol. The predicted octanol–water partition coefficient (Wildman–Crippen LogP) is 2.74. The molecule has 1 saturated carbocycles. The molecule has 0 bridgehead atoms. The Morgan fingerprint density at radius 1 is 1.42 bits per heavy atom. The van der Waals surface area contributed by atoms with Crippen LogP contribution in [0.4, 0.5) is 5.69 Å². The molecule has 3 N–H and O–H groups in total. The minimum atomic E-state index is 0.0514. The van der Waals surface area contributed by atoms with Crippen LogP contribution < -0.4 is 11.1 Å². The van der Waals surface area contributed by atoms with E-state index in [2.05, 4.69) is 51.3 Å². The average molecular weight is 324 g/mol. The molecule has 1 saturated heterocycles. The number of likely N-dealkylation sites (tertiary alicyclic amines) is 1. The van der Waals surface area contributed by atoms with Crippen LogP contribution >= 0.6 is 15.9 Å². The number of nitrogens with one attached hydrogen (secondary N) is 1. The van der Waals surface area contributed by atoms with E-state index in [0.29, 0.717) is 6.54 Å². The maximum Gasteiger partial charge on any atom is 0.0634 e. The standard InChI is InChI=1S/C15H22BrN3/c1-11-6-12(16)8-13(7-11)18-15(9-17)4-5-19(10-15)14-2-3-14/h6-8,14,18H,2-5,9-10,17H2,1H3. The van der Waals surface area contributed by atoms with Gasteiger partial charge < -0.3 is 11.1 Å². The number of anilines is 1. The highest BCUT2D eigenvalue weighted by Crippen LogP contribution is 2.35. The van der Waals surface area contributed by atoms with Gasteiger partial charge in [-0.2, -0.15) is 0 Å². The van der Waals surface area contributed by atoms with Gasteiger partial charge in [0.15, 0.2) is 0 Å². The topological polar surface area (TPSA) is 41.3 Å².